The van der Waals surface area contributed by atoms with Gasteiger partial charge in [0.2, 0.25) is 0 Å². The second kappa shape index (κ2) is 5.35. The summed E-state index contributed by atoms with van der Waals surface area (Å²) < 4.78 is 0. The van der Waals surface area contributed by atoms with Crippen molar-refractivity contribution in [2.45, 2.75) is 13.5 Å². The summed E-state index contributed by atoms with van der Waals surface area (Å²) in [5.74, 6) is 0. The van der Waals surface area contributed by atoms with Gasteiger partial charge in [0.25, 0.3) is 0 Å². The Hall–Kier alpha value is -1.31. The molecular weight excluding hydrogens is 230 g/mol. The van der Waals surface area contributed by atoms with Crippen molar-refractivity contribution < 1.29 is 0 Å². The molecule has 0 aliphatic rings. The normalized spacial score (nSPS) is 10.5. The first-order valence-corrected chi connectivity index (χ1v) is 6.08. The van der Waals surface area contributed by atoms with E-state index in [1.165, 1.54) is 22.3 Å². The monoisotopic (exact) mass is 245 g/mol. The molecule has 2 aromatic rings. The van der Waals surface area contributed by atoms with Crippen molar-refractivity contribution in [1.82, 2.24) is 5.32 Å². The Morgan fingerprint density at radius 3 is 2.65 bits per heavy atom. The minimum Gasteiger partial charge on any atom is -0.316 e. The maximum atomic E-state index is 6.09. The maximum Gasteiger partial charge on any atom is 0.0412 e. The summed E-state index contributed by atoms with van der Waals surface area (Å²) in [6.07, 6.45) is 0. The molecule has 88 valence electrons. The van der Waals surface area contributed by atoms with E-state index in [0.29, 0.717) is 0 Å². The van der Waals surface area contributed by atoms with Gasteiger partial charge in [-0.15, -0.1) is 0 Å². The third-order valence-electron chi connectivity index (χ3n) is 2.77. The van der Waals surface area contributed by atoms with Crippen LogP contribution in [0, 0.1) is 6.92 Å². The Kier molecular flexibility index (Phi) is 3.82. The molecule has 0 bridgehead atoms. The Balaban J connectivity index is 2.52. The van der Waals surface area contributed by atoms with Gasteiger partial charge in [-0.1, -0.05) is 47.5 Å². The van der Waals surface area contributed by atoms with Gasteiger partial charge in [-0.3, -0.25) is 0 Å². The Morgan fingerprint density at radius 1 is 1.12 bits per heavy atom. The summed E-state index contributed by atoms with van der Waals surface area (Å²) in [4.78, 5) is 0. The number of rotatable bonds is 3. The minimum absolute atomic E-state index is 0.779. The van der Waals surface area contributed by atoms with E-state index < -0.39 is 0 Å². The molecule has 0 fully saturated rings. The Bertz CT molecular complexity index is 520. The number of nitrogens with one attached hydrogen (secondary N) is 1. The number of hydrogen-bond acceptors (Lipinski definition) is 1. The van der Waals surface area contributed by atoms with Gasteiger partial charge in [0.1, 0.15) is 0 Å². The average molecular weight is 246 g/mol. The SMILES string of the molecule is CNCc1ccc(Cl)cc1-c1cccc(C)c1. The van der Waals surface area contributed by atoms with Gasteiger partial charge in [-0.05, 0) is 42.8 Å². The van der Waals surface area contributed by atoms with Crippen LogP contribution in [-0.2, 0) is 6.54 Å². The number of benzene rings is 2. The van der Waals surface area contributed by atoms with Gasteiger partial charge < -0.3 is 5.32 Å². The molecule has 1 N–H and O–H groups in total. The fourth-order valence-corrected chi connectivity index (χ4v) is 2.15. The lowest BCUT2D eigenvalue weighted by atomic mass is 9.98. The van der Waals surface area contributed by atoms with Crippen LogP contribution < -0.4 is 5.32 Å². The molecule has 1 nitrogen and oxygen atoms in total. The van der Waals surface area contributed by atoms with Crippen molar-refractivity contribution >= 4 is 11.6 Å². The van der Waals surface area contributed by atoms with Gasteiger partial charge in [0.15, 0.2) is 0 Å². The number of aryl methyl sites for hydroxylation is 1. The molecule has 0 unspecified atom stereocenters. The Labute approximate surface area is 107 Å². The van der Waals surface area contributed by atoms with Gasteiger partial charge >= 0.3 is 0 Å². The highest BCUT2D eigenvalue weighted by Gasteiger charge is 2.05. The second-order valence-corrected chi connectivity index (χ2v) is 4.64. The molecule has 0 amide bonds. The van der Waals surface area contributed by atoms with E-state index in [4.69, 9.17) is 11.6 Å². The summed E-state index contributed by atoms with van der Waals surface area (Å²) in [5, 5.41) is 3.96. The van der Waals surface area contributed by atoms with Crippen LogP contribution in [0.25, 0.3) is 11.1 Å². The van der Waals surface area contributed by atoms with Crippen molar-refractivity contribution in [1.29, 1.82) is 0 Å². The fraction of sp³-hybridized carbons (Fsp3) is 0.200. The average Bonchev–Trinajstić information content (AvgIpc) is 2.32. The second-order valence-electron chi connectivity index (χ2n) is 4.20. The zero-order valence-electron chi connectivity index (χ0n) is 10.1. The fourth-order valence-electron chi connectivity index (χ4n) is 1.97. The van der Waals surface area contributed by atoms with Crippen LogP contribution in [-0.4, -0.2) is 7.05 Å². The van der Waals surface area contributed by atoms with Gasteiger partial charge in [-0.25, -0.2) is 0 Å². The number of hydrogen-bond donors (Lipinski definition) is 1. The summed E-state index contributed by atoms with van der Waals surface area (Å²) in [5.41, 5.74) is 4.95. The number of halogens is 1. The van der Waals surface area contributed by atoms with Crippen LogP contribution in [0.15, 0.2) is 42.5 Å². The van der Waals surface area contributed by atoms with Crippen LogP contribution in [0.3, 0.4) is 0 Å². The predicted molar refractivity (Wildman–Crippen MR) is 74.4 cm³/mol. The molecule has 17 heavy (non-hydrogen) atoms. The summed E-state index contributed by atoms with van der Waals surface area (Å²) in [6.45, 7) is 2.95. The lowest BCUT2D eigenvalue weighted by molar-refractivity contribution is 0.819. The molecule has 0 aliphatic heterocycles. The van der Waals surface area contributed by atoms with Crippen molar-refractivity contribution in [2.24, 2.45) is 0 Å². The van der Waals surface area contributed by atoms with Crippen molar-refractivity contribution in [3.8, 4) is 11.1 Å². The van der Waals surface area contributed by atoms with Crippen LogP contribution in [0.5, 0.6) is 0 Å². The lowest BCUT2D eigenvalue weighted by Gasteiger charge is -2.10. The molecular formula is C15H16ClN. The zero-order valence-corrected chi connectivity index (χ0v) is 10.9. The predicted octanol–water partition coefficient (Wildman–Crippen LogP) is 4.03. The van der Waals surface area contributed by atoms with E-state index in [1.807, 2.05) is 19.2 Å². The molecule has 0 aliphatic carbocycles. The largest absolute Gasteiger partial charge is 0.316 e. The smallest absolute Gasteiger partial charge is 0.0412 e. The molecule has 2 rings (SSSR count). The summed E-state index contributed by atoms with van der Waals surface area (Å²) in [6, 6.07) is 14.5. The standard InChI is InChI=1S/C15H16ClN/c1-11-4-3-5-12(8-11)15-9-14(16)7-6-13(15)10-17-2/h3-9,17H,10H2,1-2H3. The first kappa shape index (κ1) is 12.2. The van der Waals surface area contributed by atoms with E-state index in [2.05, 4.69) is 42.6 Å². The topological polar surface area (TPSA) is 12.0 Å². The highest BCUT2D eigenvalue weighted by atomic mass is 35.5. The minimum atomic E-state index is 0.779. The molecule has 0 atom stereocenters. The quantitative estimate of drug-likeness (QED) is 0.861. The first-order chi connectivity index (χ1) is 8.20. The highest BCUT2D eigenvalue weighted by Crippen LogP contribution is 2.27. The Morgan fingerprint density at radius 2 is 1.94 bits per heavy atom. The van der Waals surface area contributed by atoms with Gasteiger partial charge in [0, 0.05) is 11.6 Å². The van der Waals surface area contributed by atoms with Crippen LogP contribution in [0.1, 0.15) is 11.1 Å². The van der Waals surface area contributed by atoms with Crippen molar-refractivity contribution in [2.75, 3.05) is 7.05 Å². The molecule has 0 saturated heterocycles. The molecule has 0 spiro atoms. The van der Waals surface area contributed by atoms with Gasteiger partial charge in [-0.2, -0.15) is 0 Å². The summed E-state index contributed by atoms with van der Waals surface area (Å²) in [7, 11) is 1.95. The van der Waals surface area contributed by atoms with Crippen molar-refractivity contribution in [3.63, 3.8) is 0 Å². The van der Waals surface area contributed by atoms with E-state index in [0.717, 1.165) is 11.6 Å². The summed E-state index contributed by atoms with van der Waals surface area (Å²) >= 11 is 6.09. The van der Waals surface area contributed by atoms with E-state index in [-0.39, 0.29) is 0 Å². The van der Waals surface area contributed by atoms with Crippen molar-refractivity contribution in [3.05, 3.63) is 58.6 Å². The third kappa shape index (κ3) is 2.87. The molecule has 0 aromatic heterocycles. The molecule has 0 heterocycles. The van der Waals surface area contributed by atoms with E-state index in [9.17, 15) is 0 Å². The highest BCUT2D eigenvalue weighted by molar-refractivity contribution is 6.30. The van der Waals surface area contributed by atoms with Crippen LogP contribution >= 0.6 is 11.6 Å². The zero-order chi connectivity index (χ0) is 12.3. The molecule has 0 radical (unpaired) electrons. The molecule has 2 heteroatoms. The lowest BCUT2D eigenvalue weighted by Crippen LogP contribution is -2.06. The van der Waals surface area contributed by atoms with Crippen LogP contribution in [0.2, 0.25) is 5.02 Å². The third-order valence-corrected chi connectivity index (χ3v) is 3.00. The maximum absolute atomic E-state index is 6.09. The van der Waals surface area contributed by atoms with Gasteiger partial charge in [0.05, 0.1) is 0 Å². The first-order valence-electron chi connectivity index (χ1n) is 5.71. The molecule has 0 saturated carbocycles. The molecule has 2 aromatic carbocycles. The van der Waals surface area contributed by atoms with E-state index >= 15 is 0 Å². The van der Waals surface area contributed by atoms with Crippen LogP contribution in [0.4, 0.5) is 0 Å². The van der Waals surface area contributed by atoms with E-state index in [1.54, 1.807) is 0 Å².